The van der Waals surface area contributed by atoms with E-state index in [1.807, 2.05) is 37.3 Å². The van der Waals surface area contributed by atoms with E-state index in [0.29, 0.717) is 17.6 Å². The molecule has 0 aliphatic heterocycles. The molecule has 0 saturated heterocycles. The van der Waals surface area contributed by atoms with Crippen molar-refractivity contribution in [2.45, 2.75) is 6.92 Å². The average molecular weight is 278 g/mol. The normalized spacial score (nSPS) is 10.2. The number of hydrogen-bond acceptors (Lipinski definition) is 5. The van der Waals surface area contributed by atoms with Crippen LogP contribution in [0.3, 0.4) is 0 Å². The summed E-state index contributed by atoms with van der Waals surface area (Å²) < 4.78 is 0. The van der Waals surface area contributed by atoms with E-state index in [4.69, 9.17) is 11.6 Å². The largest absolute Gasteiger partial charge is 0.357 e. The zero-order chi connectivity index (χ0) is 13.5. The quantitative estimate of drug-likeness (QED) is 0.560. The number of hydrogen-bond donors (Lipinski definition) is 3. The van der Waals surface area contributed by atoms with Crippen molar-refractivity contribution in [2.75, 3.05) is 23.8 Å². The Balaban J connectivity index is 2.02. The highest BCUT2D eigenvalue weighted by atomic mass is 35.5. The van der Waals surface area contributed by atoms with Crippen LogP contribution >= 0.6 is 11.6 Å². The van der Waals surface area contributed by atoms with E-state index in [1.54, 1.807) is 6.20 Å². The van der Waals surface area contributed by atoms with Gasteiger partial charge < -0.3 is 16.0 Å². The number of anilines is 3. The Kier molecular flexibility index (Phi) is 4.94. The predicted octanol–water partition coefficient (Wildman–Crippen LogP) is 2.85. The van der Waals surface area contributed by atoms with Gasteiger partial charge in [-0.15, -0.1) is 0 Å². The number of benzene rings is 1. The van der Waals surface area contributed by atoms with Crippen LogP contribution in [0.4, 0.5) is 17.5 Å². The molecule has 1 aromatic heterocycles. The van der Waals surface area contributed by atoms with Gasteiger partial charge in [0.2, 0.25) is 5.95 Å². The molecule has 6 heteroatoms. The van der Waals surface area contributed by atoms with Gasteiger partial charge in [0.25, 0.3) is 0 Å². The van der Waals surface area contributed by atoms with Crippen molar-refractivity contribution in [1.82, 2.24) is 15.3 Å². The lowest BCUT2D eigenvalue weighted by Gasteiger charge is -2.08. The Hall–Kier alpha value is -1.85. The molecule has 0 bridgehead atoms. The first kappa shape index (κ1) is 13.6. The second-order valence-corrected chi connectivity index (χ2v) is 4.29. The summed E-state index contributed by atoms with van der Waals surface area (Å²) in [5.41, 5.74) is 0.858. The van der Waals surface area contributed by atoms with Crippen molar-refractivity contribution in [3.63, 3.8) is 0 Å². The zero-order valence-corrected chi connectivity index (χ0v) is 11.4. The number of aromatic nitrogens is 2. The molecule has 2 aromatic rings. The van der Waals surface area contributed by atoms with Gasteiger partial charge in [0.15, 0.2) is 0 Å². The van der Waals surface area contributed by atoms with E-state index < -0.39 is 0 Å². The Labute approximate surface area is 117 Å². The monoisotopic (exact) mass is 277 g/mol. The molecule has 2 rings (SSSR count). The summed E-state index contributed by atoms with van der Waals surface area (Å²) in [6.07, 6.45) is 1.70. The minimum absolute atomic E-state index is 0.531. The number of nitrogens with zero attached hydrogens (tertiary/aromatic N) is 2. The second kappa shape index (κ2) is 6.92. The molecule has 0 spiro atoms. The maximum Gasteiger partial charge on any atom is 0.229 e. The van der Waals surface area contributed by atoms with Crippen LogP contribution in [0.1, 0.15) is 6.92 Å². The maximum atomic E-state index is 5.93. The first-order valence-electron chi connectivity index (χ1n) is 6.08. The summed E-state index contributed by atoms with van der Waals surface area (Å²) in [6, 6.07) is 9.25. The van der Waals surface area contributed by atoms with Gasteiger partial charge in [0.05, 0.1) is 6.67 Å². The Morgan fingerprint density at radius 2 is 2.16 bits per heavy atom. The summed E-state index contributed by atoms with van der Waals surface area (Å²) in [6.45, 7) is 3.63. The van der Waals surface area contributed by atoms with Gasteiger partial charge in [-0.3, -0.25) is 0 Å². The lowest BCUT2D eigenvalue weighted by molar-refractivity contribution is 0.768. The molecule has 0 amide bonds. The zero-order valence-electron chi connectivity index (χ0n) is 10.7. The van der Waals surface area contributed by atoms with Gasteiger partial charge in [-0.1, -0.05) is 24.6 Å². The number of rotatable bonds is 6. The molecule has 19 heavy (non-hydrogen) atoms. The van der Waals surface area contributed by atoms with E-state index in [2.05, 4.69) is 25.9 Å². The van der Waals surface area contributed by atoms with Gasteiger partial charge in [-0.2, -0.15) is 4.98 Å². The minimum Gasteiger partial charge on any atom is -0.357 e. The molecule has 1 heterocycles. The maximum absolute atomic E-state index is 5.93. The highest BCUT2D eigenvalue weighted by Crippen LogP contribution is 2.18. The molecular formula is C13H16ClN5. The van der Waals surface area contributed by atoms with Crippen molar-refractivity contribution in [1.29, 1.82) is 0 Å². The smallest absolute Gasteiger partial charge is 0.229 e. The van der Waals surface area contributed by atoms with Crippen LogP contribution in [-0.4, -0.2) is 23.2 Å². The standard InChI is InChI=1S/C13H16ClN5/c1-2-15-9-17-12-6-7-16-13(19-12)18-11-5-3-4-10(14)8-11/h3-8,15H,2,9H2,1H3,(H2,16,17,18,19). The molecular weight excluding hydrogens is 262 g/mol. The minimum atomic E-state index is 0.531. The lowest BCUT2D eigenvalue weighted by atomic mass is 10.3. The van der Waals surface area contributed by atoms with Crippen molar-refractivity contribution in [3.8, 4) is 0 Å². The van der Waals surface area contributed by atoms with Crippen LogP contribution in [0.2, 0.25) is 5.02 Å². The van der Waals surface area contributed by atoms with Gasteiger partial charge in [-0.25, -0.2) is 4.98 Å². The fraction of sp³-hybridized carbons (Fsp3) is 0.231. The fourth-order valence-electron chi connectivity index (χ4n) is 1.49. The van der Waals surface area contributed by atoms with Gasteiger partial charge in [-0.05, 0) is 30.8 Å². The van der Waals surface area contributed by atoms with Gasteiger partial charge in [0.1, 0.15) is 5.82 Å². The molecule has 0 fully saturated rings. The average Bonchev–Trinajstić information content (AvgIpc) is 2.39. The third-order valence-corrected chi connectivity index (χ3v) is 2.62. The number of halogens is 1. The van der Waals surface area contributed by atoms with E-state index in [0.717, 1.165) is 18.1 Å². The molecule has 100 valence electrons. The first-order chi connectivity index (χ1) is 9.28. The Morgan fingerprint density at radius 3 is 2.95 bits per heavy atom. The van der Waals surface area contributed by atoms with E-state index in [1.165, 1.54) is 0 Å². The highest BCUT2D eigenvalue weighted by Gasteiger charge is 2.00. The summed E-state index contributed by atoms with van der Waals surface area (Å²) >= 11 is 5.93. The molecule has 5 nitrogen and oxygen atoms in total. The van der Waals surface area contributed by atoms with Crippen LogP contribution in [0.25, 0.3) is 0 Å². The molecule has 0 saturated carbocycles. The third kappa shape index (κ3) is 4.39. The van der Waals surface area contributed by atoms with Crippen LogP contribution in [0.5, 0.6) is 0 Å². The van der Waals surface area contributed by atoms with Crippen LogP contribution < -0.4 is 16.0 Å². The fourth-order valence-corrected chi connectivity index (χ4v) is 1.68. The molecule has 0 aliphatic rings. The Bertz CT molecular complexity index is 532. The van der Waals surface area contributed by atoms with Crippen LogP contribution in [0.15, 0.2) is 36.5 Å². The lowest BCUT2D eigenvalue weighted by Crippen LogP contribution is -2.21. The second-order valence-electron chi connectivity index (χ2n) is 3.86. The highest BCUT2D eigenvalue weighted by molar-refractivity contribution is 6.30. The van der Waals surface area contributed by atoms with Gasteiger partial charge >= 0.3 is 0 Å². The molecule has 0 atom stereocenters. The molecule has 0 aliphatic carbocycles. The van der Waals surface area contributed by atoms with E-state index in [-0.39, 0.29) is 0 Å². The van der Waals surface area contributed by atoms with Gasteiger partial charge in [0, 0.05) is 16.9 Å². The third-order valence-electron chi connectivity index (χ3n) is 2.38. The van der Waals surface area contributed by atoms with Crippen molar-refractivity contribution in [3.05, 3.63) is 41.6 Å². The van der Waals surface area contributed by atoms with Crippen molar-refractivity contribution < 1.29 is 0 Å². The Morgan fingerprint density at radius 1 is 1.26 bits per heavy atom. The summed E-state index contributed by atoms with van der Waals surface area (Å²) in [5, 5.41) is 10.1. The summed E-state index contributed by atoms with van der Waals surface area (Å²) in [4.78, 5) is 8.52. The number of nitrogens with one attached hydrogen (secondary N) is 3. The molecule has 0 unspecified atom stereocenters. The van der Waals surface area contributed by atoms with Crippen molar-refractivity contribution >= 4 is 29.1 Å². The van der Waals surface area contributed by atoms with E-state index in [9.17, 15) is 0 Å². The van der Waals surface area contributed by atoms with Crippen molar-refractivity contribution in [2.24, 2.45) is 0 Å². The first-order valence-corrected chi connectivity index (χ1v) is 6.46. The predicted molar refractivity (Wildman–Crippen MR) is 78.9 cm³/mol. The molecule has 0 radical (unpaired) electrons. The van der Waals surface area contributed by atoms with Crippen LogP contribution in [0, 0.1) is 0 Å². The molecule has 1 aromatic carbocycles. The molecule has 3 N–H and O–H groups in total. The van der Waals surface area contributed by atoms with E-state index >= 15 is 0 Å². The topological polar surface area (TPSA) is 61.9 Å². The SMILES string of the molecule is CCNCNc1ccnc(Nc2cccc(Cl)c2)n1. The van der Waals surface area contributed by atoms with Crippen LogP contribution in [-0.2, 0) is 0 Å². The summed E-state index contributed by atoms with van der Waals surface area (Å²) in [5.74, 6) is 1.30. The summed E-state index contributed by atoms with van der Waals surface area (Å²) in [7, 11) is 0.